The number of amides is 1. The molecule has 0 radical (unpaired) electrons. The standard InChI is InChI=1S/C14H12N2O3/c1-9-5-6-19-13(9)14(17)16-11-4-3-10(8-15)7-12(11)18-2/h3-7H,1-2H3,(H,16,17). The SMILES string of the molecule is COc1cc(C#N)ccc1NC(=O)c1occc1C. The number of aryl methyl sites for hydroxylation is 1. The number of benzene rings is 1. The Balaban J connectivity index is 2.27. The van der Waals surface area contributed by atoms with Crippen molar-refractivity contribution in [3.8, 4) is 11.8 Å². The van der Waals surface area contributed by atoms with Crippen molar-refractivity contribution in [1.82, 2.24) is 0 Å². The number of rotatable bonds is 3. The maximum atomic E-state index is 12.0. The molecule has 0 unspecified atom stereocenters. The molecule has 5 heteroatoms. The van der Waals surface area contributed by atoms with Crippen molar-refractivity contribution in [2.45, 2.75) is 6.92 Å². The van der Waals surface area contributed by atoms with E-state index in [0.29, 0.717) is 17.0 Å². The highest BCUT2D eigenvalue weighted by molar-refractivity contribution is 6.04. The topological polar surface area (TPSA) is 75.3 Å². The summed E-state index contributed by atoms with van der Waals surface area (Å²) in [6.45, 7) is 1.79. The Hall–Kier alpha value is -2.74. The Morgan fingerprint density at radius 3 is 2.79 bits per heavy atom. The molecule has 0 saturated heterocycles. The van der Waals surface area contributed by atoms with Gasteiger partial charge < -0.3 is 14.5 Å². The molecule has 1 N–H and O–H groups in total. The van der Waals surface area contributed by atoms with Crippen LogP contribution in [0.2, 0.25) is 0 Å². The molecule has 0 aliphatic carbocycles. The van der Waals surface area contributed by atoms with E-state index in [1.165, 1.54) is 13.4 Å². The van der Waals surface area contributed by atoms with Gasteiger partial charge in [-0.05, 0) is 25.1 Å². The zero-order valence-corrected chi connectivity index (χ0v) is 10.6. The van der Waals surface area contributed by atoms with Crippen LogP contribution in [-0.4, -0.2) is 13.0 Å². The van der Waals surface area contributed by atoms with Crippen molar-refractivity contribution < 1.29 is 13.9 Å². The summed E-state index contributed by atoms with van der Waals surface area (Å²) >= 11 is 0. The molecule has 1 aromatic carbocycles. The number of methoxy groups -OCH3 is 1. The summed E-state index contributed by atoms with van der Waals surface area (Å²) in [7, 11) is 1.48. The van der Waals surface area contributed by atoms with E-state index in [1.807, 2.05) is 6.07 Å². The molecule has 19 heavy (non-hydrogen) atoms. The summed E-state index contributed by atoms with van der Waals surface area (Å²) < 4.78 is 10.3. The molecular weight excluding hydrogens is 244 g/mol. The molecule has 0 aliphatic rings. The lowest BCUT2D eigenvalue weighted by atomic mass is 10.2. The van der Waals surface area contributed by atoms with Crippen LogP contribution in [0.3, 0.4) is 0 Å². The van der Waals surface area contributed by atoms with Gasteiger partial charge in [-0.25, -0.2) is 0 Å². The molecule has 1 aromatic heterocycles. The van der Waals surface area contributed by atoms with E-state index in [9.17, 15) is 4.79 Å². The van der Waals surface area contributed by atoms with E-state index in [0.717, 1.165) is 5.56 Å². The highest BCUT2D eigenvalue weighted by Crippen LogP contribution is 2.26. The van der Waals surface area contributed by atoms with Crippen molar-refractivity contribution in [2.24, 2.45) is 0 Å². The Morgan fingerprint density at radius 1 is 1.42 bits per heavy atom. The molecule has 0 spiro atoms. The number of nitrogens with zero attached hydrogens (tertiary/aromatic N) is 1. The minimum absolute atomic E-state index is 0.256. The molecule has 0 saturated carbocycles. The molecule has 96 valence electrons. The van der Waals surface area contributed by atoms with Gasteiger partial charge in [0.2, 0.25) is 0 Å². The Labute approximate surface area is 110 Å². The van der Waals surface area contributed by atoms with Gasteiger partial charge in [0.25, 0.3) is 5.91 Å². The van der Waals surface area contributed by atoms with Crippen molar-refractivity contribution in [1.29, 1.82) is 5.26 Å². The normalized spacial score (nSPS) is 9.74. The third-order valence-electron chi connectivity index (χ3n) is 2.65. The number of nitrogens with one attached hydrogen (secondary N) is 1. The minimum atomic E-state index is -0.356. The van der Waals surface area contributed by atoms with Crippen LogP contribution in [0.4, 0.5) is 5.69 Å². The first-order valence-electron chi connectivity index (χ1n) is 5.59. The van der Waals surface area contributed by atoms with Crippen molar-refractivity contribution in [3.63, 3.8) is 0 Å². The number of carbonyl (C=O) groups is 1. The van der Waals surface area contributed by atoms with E-state index >= 15 is 0 Å². The average Bonchev–Trinajstić information content (AvgIpc) is 2.85. The third kappa shape index (κ3) is 2.58. The largest absolute Gasteiger partial charge is 0.495 e. The quantitative estimate of drug-likeness (QED) is 0.916. The van der Waals surface area contributed by atoms with E-state index < -0.39 is 0 Å². The van der Waals surface area contributed by atoms with E-state index in [4.69, 9.17) is 14.4 Å². The number of furan rings is 1. The Kier molecular flexibility index (Phi) is 3.53. The predicted octanol–water partition coefficient (Wildman–Crippen LogP) is 2.72. The van der Waals surface area contributed by atoms with E-state index in [2.05, 4.69) is 5.32 Å². The molecular formula is C14H12N2O3. The van der Waals surface area contributed by atoms with E-state index in [1.54, 1.807) is 31.2 Å². The third-order valence-corrected chi connectivity index (χ3v) is 2.65. The van der Waals surface area contributed by atoms with Crippen LogP contribution in [0.15, 0.2) is 34.9 Å². The molecule has 2 rings (SSSR count). The van der Waals surface area contributed by atoms with Gasteiger partial charge in [0, 0.05) is 11.6 Å². The smallest absolute Gasteiger partial charge is 0.291 e. The molecule has 0 aliphatic heterocycles. The van der Waals surface area contributed by atoms with Crippen molar-refractivity contribution >= 4 is 11.6 Å². The second-order valence-corrected chi connectivity index (χ2v) is 3.91. The van der Waals surface area contributed by atoms with Crippen LogP contribution in [0.1, 0.15) is 21.7 Å². The van der Waals surface area contributed by atoms with Gasteiger partial charge in [-0.1, -0.05) is 0 Å². The summed E-state index contributed by atoms with van der Waals surface area (Å²) in [6, 6.07) is 8.50. The van der Waals surface area contributed by atoms with Gasteiger partial charge in [0.15, 0.2) is 5.76 Å². The monoisotopic (exact) mass is 256 g/mol. The lowest BCUT2D eigenvalue weighted by molar-refractivity contribution is 0.0995. The summed E-state index contributed by atoms with van der Waals surface area (Å²) in [5.74, 6) is 0.327. The second kappa shape index (κ2) is 5.27. The lowest BCUT2D eigenvalue weighted by Gasteiger charge is -2.09. The molecule has 1 amide bonds. The zero-order chi connectivity index (χ0) is 13.8. The minimum Gasteiger partial charge on any atom is -0.495 e. The van der Waals surface area contributed by atoms with Crippen LogP contribution < -0.4 is 10.1 Å². The van der Waals surface area contributed by atoms with Gasteiger partial charge >= 0.3 is 0 Å². The molecule has 0 fully saturated rings. The molecule has 5 nitrogen and oxygen atoms in total. The number of carbonyl (C=O) groups excluding carboxylic acids is 1. The first-order valence-corrected chi connectivity index (χ1v) is 5.59. The second-order valence-electron chi connectivity index (χ2n) is 3.91. The lowest BCUT2D eigenvalue weighted by Crippen LogP contribution is -2.12. The van der Waals surface area contributed by atoms with Crippen molar-refractivity contribution in [3.05, 3.63) is 47.4 Å². The van der Waals surface area contributed by atoms with E-state index in [-0.39, 0.29) is 11.7 Å². The van der Waals surface area contributed by atoms with Crippen LogP contribution in [0, 0.1) is 18.3 Å². The maximum absolute atomic E-state index is 12.0. The summed E-state index contributed by atoms with van der Waals surface area (Å²) in [4.78, 5) is 12.0. The van der Waals surface area contributed by atoms with Crippen molar-refractivity contribution in [2.75, 3.05) is 12.4 Å². The zero-order valence-electron chi connectivity index (χ0n) is 10.6. The fraction of sp³-hybridized carbons (Fsp3) is 0.143. The summed E-state index contributed by atoms with van der Waals surface area (Å²) in [5, 5.41) is 11.5. The van der Waals surface area contributed by atoms with Crippen LogP contribution in [-0.2, 0) is 0 Å². The Bertz CT molecular complexity index is 653. The Morgan fingerprint density at radius 2 is 2.21 bits per heavy atom. The van der Waals surface area contributed by atoms with Gasteiger partial charge in [-0.3, -0.25) is 4.79 Å². The number of hydrogen-bond acceptors (Lipinski definition) is 4. The number of hydrogen-bond donors (Lipinski definition) is 1. The maximum Gasteiger partial charge on any atom is 0.291 e. The van der Waals surface area contributed by atoms with Crippen LogP contribution in [0.5, 0.6) is 5.75 Å². The average molecular weight is 256 g/mol. The van der Waals surface area contributed by atoms with Gasteiger partial charge in [-0.2, -0.15) is 5.26 Å². The molecule has 1 heterocycles. The fourth-order valence-corrected chi connectivity index (χ4v) is 1.65. The van der Waals surface area contributed by atoms with Crippen LogP contribution >= 0.6 is 0 Å². The van der Waals surface area contributed by atoms with Gasteiger partial charge in [0.1, 0.15) is 5.75 Å². The predicted molar refractivity (Wildman–Crippen MR) is 69.1 cm³/mol. The first-order chi connectivity index (χ1) is 9.15. The number of ether oxygens (including phenoxy) is 1. The highest BCUT2D eigenvalue weighted by atomic mass is 16.5. The van der Waals surface area contributed by atoms with Gasteiger partial charge in [-0.15, -0.1) is 0 Å². The van der Waals surface area contributed by atoms with Gasteiger partial charge in [0.05, 0.1) is 30.7 Å². The first kappa shape index (κ1) is 12.7. The molecule has 0 bridgehead atoms. The van der Waals surface area contributed by atoms with Crippen LogP contribution in [0.25, 0.3) is 0 Å². The molecule has 0 atom stereocenters. The summed E-state index contributed by atoms with van der Waals surface area (Å²) in [5.41, 5.74) is 1.71. The number of anilines is 1. The fourth-order valence-electron chi connectivity index (χ4n) is 1.65. The summed E-state index contributed by atoms with van der Waals surface area (Å²) in [6.07, 6.45) is 1.46. The highest BCUT2D eigenvalue weighted by Gasteiger charge is 2.15. The number of nitriles is 1. The molecule has 2 aromatic rings.